The Bertz CT molecular complexity index is 850. The molecule has 10 heteroatoms. The smallest absolute Gasteiger partial charge is 0.393 e. The average molecular weight is 394 g/mol. The van der Waals surface area contributed by atoms with Gasteiger partial charge >= 0.3 is 11.9 Å². The van der Waals surface area contributed by atoms with E-state index in [0.29, 0.717) is 0 Å². The van der Waals surface area contributed by atoms with Gasteiger partial charge < -0.3 is 5.11 Å². The van der Waals surface area contributed by atoms with Gasteiger partial charge in [-0.05, 0) is 24.0 Å². The molecule has 1 aliphatic carbocycles. The van der Waals surface area contributed by atoms with Crippen LogP contribution in [-0.2, 0) is 9.74 Å². The van der Waals surface area contributed by atoms with E-state index in [1.807, 2.05) is 0 Å². The van der Waals surface area contributed by atoms with Crippen LogP contribution in [0, 0.1) is 5.92 Å². The summed E-state index contributed by atoms with van der Waals surface area (Å²) in [5.74, 6) is -18.5. The first kappa shape index (κ1) is 20.5. The Hall–Kier alpha value is -2.78. The van der Waals surface area contributed by atoms with Crippen molar-refractivity contribution in [2.75, 3.05) is 0 Å². The molecule has 0 amide bonds. The zero-order valence-corrected chi connectivity index (χ0v) is 13.6. The minimum atomic E-state index is -4.37. The van der Waals surface area contributed by atoms with Crippen LogP contribution in [0.15, 0.2) is 47.6 Å². The Kier molecular flexibility index (Phi) is 5.67. The molecule has 0 fully saturated rings. The summed E-state index contributed by atoms with van der Waals surface area (Å²) in [5, 5.41) is 9.24. The van der Waals surface area contributed by atoms with E-state index in [1.54, 1.807) is 0 Å². The molecular formula is C17H12F6O4. The highest BCUT2D eigenvalue weighted by Crippen LogP contribution is 2.53. The largest absolute Gasteiger partial charge is 0.478 e. The van der Waals surface area contributed by atoms with Crippen LogP contribution in [0.3, 0.4) is 0 Å². The van der Waals surface area contributed by atoms with Crippen molar-refractivity contribution in [3.05, 3.63) is 58.7 Å². The first-order chi connectivity index (χ1) is 12.6. The molecule has 1 aromatic carbocycles. The van der Waals surface area contributed by atoms with E-state index in [4.69, 9.17) is 0 Å². The lowest BCUT2D eigenvalue weighted by Crippen LogP contribution is -2.48. The molecule has 27 heavy (non-hydrogen) atoms. The average Bonchev–Trinajstić information content (AvgIpc) is 2.67. The van der Waals surface area contributed by atoms with Gasteiger partial charge in [-0.1, -0.05) is 25.1 Å². The third kappa shape index (κ3) is 3.08. The fraction of sp³-hybridized carbons (Fsp3) is 0.294. The molecule has 1 aromatic rings. The molecular weight excluding hydrogens is 382 g/mol. The van der Waals surface area contributed by atoms with Gasteiger partial charge in [-0.2, -0.15) is 0 Å². The molecule has 0 bridgehead atoms. The van der Waals surface area contributed by atoms with E-state index >= 15 is 4.39 Å². The van der Waals surface area contributed by atoms with Gasteiger partial charge in [0.1, 0.15) is 5.83 Å². The lowest BCUT2D eigenvalue weighted by atomic mass is 9.70. The first-order valence-electron chi connectivity index (χ1n) is 7.58. The summed E-state index contributed by atoms with van der Waals surface area (Å²) in [6.45, 7) is 1.28. The minimum absolute atomic E-state index is 0.288. The second-order valence-electron chi connectivity index (χ2n) is 5.75. The van der Waals surface area contributed by atoms with Crippen molar-refractivity contribution in [3.8, 4) is 0 Å². The van der Waals surface area contributed by atoms with Gasteiger partial charge in [-0.25, -0.2) is 31.5 Å². The fourth-order valence-electron chi connectivity index (χ4n) is 3.19. The molecule has 0 aliphatic heterocycles. The van der Waals surface area contributed by atoms with Gasteiger partial charge in [0.25, 0.3) is 5.67 Å². The van der Waals surface area contributed by atoms with Crippen LogP contribution in [0.5, 0.6) is 0 Å². The highest BCUT2D eigenvalue weighted by molar-refractivity contribution is 5.90. The van der Waals surface area contributed by atoms with E-state index in [9.17, 15) is 36.8 Å². The SMILES string of the molecule is CCC(c1ccccc1C(=O)O)C1C(F)=C(F)C(F)=C(F)C1(F)C(=O)OF. The molecule has 0 spiro atoms. The molecule has 0 aromatic heterocycles. The number of carboxylic acid groups (broad SMARTS) is 1. The number of carbonyl (C=O) groups excluding carboxylic acids is 1. The van der Waals surface area contributed by atoms with Crippen LogP contribution < -0.4 is 0 Å². The maximum absolute atomic E-state index is 15.2. The third-order valence-electron chi connectivity index (χ3n) is 4.42. The molecule has 2 rings (SSSR count). The molecule has 3 atom stereocenters. The summed E-state index contributed by atoms with van der Waals surface area (Å²) in [6.07, 6.45) is -0.338. The summed E-state index contributed by atoms with van der Waals surface area (Å²) in [4.78, 5) is 25.6. The minimum Gasteiger partial charge on any atom is -0.478 e. The van der Waals surface area contributed by atoms with E-state index in [2.05, 4.69) is 4.94 Å². The van der Waals surface area contributed by atoms with Crippen molar-refractivity contribution in [2.45, 2.75) is 24.9 Å². The summed E-state index contributed by atoms with van der Waals surface area (Å²) < 4.78 is 83.4. The molecule has 1 N–H and O–H groups in total. The summed E-state index contributed by atoms with van der Waals surface area (Å²) in [5.41, 5.74) is -5.13. The predicted molar refractivity (Wildman–Crippen MR) is 79.4 cm³/mol. The molecule has 0 saturated carbocycles. The van der Waals surface area contributed by atoms with Crippen molar-refractivity contribution < 1.29 is 46.1 Å². The number of halogens is 6. The van der Waals surface area contributed by atoms with Crippen molar-refractivity contribution in [1.82, 2.24) is 0 Å². The third-order valence-corrected chi connectivity index (χ3v) is 4.42. The van der Waals surface area contributed by atoms with Gasteiger partial charge in [0.15, 0.2) is 17.5 Å². The van der Waals surface area contributed by atoms with E-state index in [-0.39, 0.29) is 12.0 Å². The molecule has 146 valence electrons. The number of benzene rings is 1. The number of hydrogen-bond donors (Lipinski definition) is 1. The fourth-order valence-corrected chi connectivity index (χ4v) is 3.19. The number of alkyl halides is 1. The number of carboxylic acids is 1. The topological polar surface area (TPSA) is 63.6 Å². The zero-order valence-electron chi connectivity index (χ0n) is 13.6. The molecule has 1 aliphatic rings. The molecule has 0 heterocycles. The van der Waals surface area contributed by atoms with Crippen LogP contribution in [0.2, 0.25) is 0 Å². The normalized spacial score (nSPS) is 24.0. The van der Waals surface area contributed by atoms with Gasteiger partial charge in [0, 0.05) is 4.53 Å². The zero-order chi connectivity index (χ0) is 20.5. The lowest BCUT2D eigenvalue weighted by Gasteiger charge is -2.36. The van der Waals surface area contributed by atoms with Gasteiger partial charge in [0.05, 0.1) is 11.5 Å². The maximum atomic E-state index is 15.2. The van der Waals surface area contributed by atoms with Crippen LogP contribution in [-0.4, -0.2) is 22.7 Å². The molecule has 3 unspecified atom stereocenters. The van der Waals surface area contributed by atoms with Crippen LogP contribution in [0.25, 0.3) is 0 Å². The monoisotopic (exact) mass is 394 g/mol. The Morgan fingerprint density at radius 3 is 2.30 bits per heavy atom. The van der Waals surface area contributed by atoms with E-state index < -0.39 is 58.3 Å². The van der Waals surface area contributed by atoms with Gasteiger partial charge in [-0.15, -0.1) is 0 Å². The second kappa shape index (κ2) is 7.45. The van der Waals surface area contributed by atoms with Crippen molar-refractivity contribution in [2.24, 2.45) is 5.92 Å². The number of aromatic carboxylic acids is 1. The molecule has 0 saturated heterocycles. The van der Waals surface area contributed by atoms with Crippen molar-refractivity contribution in [1.29, 1.82) is 0 Å². The maximum Gasteiger partial charge on any atom is 0.393 e. The molecule has 0 radical (unpaired) electrons. The number of carbonyl (C=O) groups is 2. The van der Waals surface area contributed by atoms with Crippen LogP contribution >= 0.6 is 0 Å². The van der Waals surface area contributed by atoms with Gasteiger partial charge in [0.2, 0.25) is 0 Å². The lowest BCUT2D eigenvalue weighted by molar-refractivity contribution is -0.201. The summed E-state index contributed by atoms with van der Waals surface area (Å²) in [6, 6.07) is 4.73. The van der Waals surface area contributed by atoms with Gasteiger partial charge in [-0.3, -0.25) is 4.94 Å². The Morgan fingerprint density at radius 2 is 1.78 bits per heavy atom. The number of rotatable bonds is 5. The second-order valence-corrected chi connectivity index (χ2v) is 5.75. The predicted octanol–water partition coefficient (Wildman–Crippen LogP) is 4.95. The van der Waals surface area contributed by atoms with E-state index in [0.717, 1.165) is 12.1 Å². The number of hydrogen-bond acceptors (Lipinski definition) is 3. The quantitative estimate of drug-likeness (QED) is 0.719. The van der Waals surface area contributed by atoms with Crippen LogP contribution in [0.4, 0.5) is 26.5 Å². The highest BCUT2D eigenvalue weighted by Gasteiger charge is 2.62. The van der Waals surface area contributed by atoms with Crippen LogP contribution in [0.1, 0.15) is 35.2 Å². The Balaban J connectivity index is 2.79. The van der Waals surface area contributed by atoms with Crippen molar-refractivity contribution in [3.63, 3.8) is 0 Å². The number of allylic oxidation sites excluding steroid dienone is 3. The summed E-state index contributed by atoms with van der Waals surface area (Å²) in [7, 11) is 0. The standard InChI is InChI=1S/C17H12F6O4/c1-2-7(8-5-3-4-6-9(8)15(24)25)10-11(18)12(19)13(20)14(21)17(10,22)16(26)27-23/h3-7,10H,2H2,1H3,(H,24,25). The highest BCUT2D eigenvalue weighted by atomic mass is 19.3. The Labute approximate surface area is 148 Å². The Morgan fingerprint density at radius 1 is 1.19 bits per heavy atom. The van der Waals surface area contributed by atoms with E-state index in [1.165, 1.54) is 19.1 Å². The first-order valence-corrected chi connectivity index (χ1v) is 7.58. The van der Waals surface area contributed by atoms with Crippen molar-refractivity contribution >= 4 is 11.9 Å². The molecule has 4 nitrogen and oxygen atoms in total. The summed E-state index contributed by atoms with van der Waals surface area (Å²) >= 11 is 0.